The average molecular weight is 436 g/mol. The number of hydrogen-bond acceptors (Lipinski definition) is 7. The quantitative estimate of drug-likeness (QED) is 0.487. The monoisotopic (exact) mass is 436 g/mol. The second-order valence-corrected chi connectivity index (χ2v) is 8.60. The fourth-order valence-corrected chi connectivity index (χ4v) is 3.17. The van der Waals surface area contributed by atoms with Gasteiger partial charge in [0.05, 0.1) is 5.69 Å². The summed E-state index contributed by atoms with van der Waals surface area (Å²) in [5.41, 5.74) is 5.50. The Kier molecular flexibility index (Phi) is 5.65. The molecule has 0 unspecified atom stereocenters. The van der Waals surface area contributed by atoms with Crippen LogP contribution in [0.1, 0.15) is 10.4 Å². The number of primary amides is 1. The van der Waals surface area contributed by atoms with Crippen LogP contribution in [0.5, 0.6) is 5.75 Å². The maximum Gasteiger partial charge on any atom is 0.340 e. The molecule has 0 aliphatic carbocycles. The number of fused-ring (bicyclic) bond motifs is 1. The fraction of sp³-hybridized carbons (Fsp3) is 0.158. The van der Waals surface area contributed by atoms with Gasteiger partial charge in [-0.2, -0.15) is 0 Å². The van der Waals surface area contributed by atoms with Crippen LogP contribution in [0.4, 0.5) is 10.1 Å². The number of halogens is 1. The van der Waals surface area contributed by atoms with Crippen LogP contribution >= 0.6 is 0 Å². The van der Waals surface area contributed by atoms with Crippen molar-refractivity contribution in [3.05, 3.63) is 47.8 Å². The molecule has 0 spiro atoms. The van der Waals surface area contributed by atoms with Gasteiger partial charge in [-0.15, -0.1) is 0 Å². The van der Waals surface area contributed by atoms with E-state index in [1.165, 1.54) is 24.3 Å². The lowest BCUT2D eigenvalue weighted by atomic mass is 10.0. The average Bonchev–Trinajstić information content (AvgIpc) is 3.02. The Morgan fingerprint density at radius 3 is 2.47 bits per heavy atom. The van der Waals surface area contributed by atoms with Crippen molar-refractivity contribution >= 4 is 38.4 Å². The number of carboxylic acid groups (broad SMARTS) is 1. The molecule has 0 saturated carbocycles. The van der Waals surface area contributed by atoms with Crippen LogP contribution in [0.3, 0.4) is 0 Å². The number of ether oxygens (including phenoxy) is 1. The van der Waals surface area contributed by atoms with E-state index >= 15 is 0 Å². The van der Waals surface area contributed by atoms with E-state index < -0.39 is 40.0 Å². The summed E-state index contributed by atoms with van der Waals surface area (Å²) in [6.07, 6.45) is 1.02. The van der Waals surface area contributed by atoms with E-state index in [2.05, 4.69) is 5.32 Å². The number of rotatable bonds is 8. The zero-order valence-corrected chi connectivity index (χ0v) is 16.5. The first kappa shape index (κ1) is 21.1. The molecule has 1 heterocycles. The topological polar surface area (TPSA) is 149 Å². The molecule has 0 radical (unpaired) electrons. The molecule has 0 aliphatic heterocycles. The van der Waals surface area contributed by atoms with Crippen molar-refractivity contribution in [2.24, 2.45) is 5.73 Å². The summed E-state index contributed by atoms with van der Waals surface area (Å²) in [5.74, 6) is -3.02. The van der Waals surface area contributed by atoms with Crippen LogP contribution in [-0.4, -0.2) is 44.1 Å². The van der Waals surface area contributed by atoms with Crippen molar-refractivity contribution in [2.45, 2.75) is 0 Å². The molecule has 30 heavy (non-hydrogen) atoms. The number of carbonyl (C=O) groups excluding carboxylic acids is 1. The molecule has 2 aromatic carbocycles. The summed E-state index contributed by atoms with van der Waals surface area (Å²) in [7, 11) is -3.41. The van der Waals surface area contributed by atoms with Gasteiger partial charge in [0.1, 0.15) is 34.4 Å². The van der Waals surface area contributed by atoms with Crippen LogP contribution in [0, 0.1) is 5.82 Å². The number of aromatic carboxylic acids is 1. The molecule has 0 saturated heterocycles. The van der Waals surface area contributed by atoms with Gasteiger partial charge in [0, 0.05) is 23.3 Å². The highest BCUT2D eigenvalue weighted by Crippen LogP contribution is 2.39. The van der Waals surface area contributed by atoms with Crippen molar-refractivity contribution in [3.8, 4) is 17.1 Å². The Labute approximate surface area is 170 Å². The number of nitrogens with two attached hydrogens (primary N) is 1. The molecule has 3 aromatic rings. The molecule has 0 atom stereocenters. The number of sulfone groups is 1. The van der Waals surface area contributed by atoms with Crippen LogP contribution < -0.4 is 15.8 Å². The number of hydrogen-bond donors (Lipinski definition) is 3. The Morgan fingerprint density at radius 2 is 1.90 bits per heavy atom. The standard InChI is InChI=1S/C19H17FN2O7S/c1-30(26,27)9-22-13-7-14-12(6-15(13)28-8-16(21)23)17(19(24)25)18(29-14)10-2-4-11(20)5-3-10/h2-7,22H,8-9H2,1H3,(H2,21,23)(H,24,25). The smallest absolute Gasteiger partial charge is 0.340 e. The number of benzene rings is 2. The zero-order chi connectivity index (χ0) is 22.1. The maximum atomic E-state index is 13.2. The van der Waals surface area contributed by atoms with Crippen LogP contribution in [-0.2, 0) is 14.6 Å². The molecule has 0 aliphatic rings. The van der Waals surface area contributed by atoms with Crippen LogP contribution in [0.15, 0.2) is 40.8 Å². The summed E-state index contributed by atoms with van der Waals surface area (Å²) in [6.45, 7) is -0.510. The zero-order valence-electron chi connectivity index (χ0n) is 15.6. The third-order valence-corrected chi connectivity index (χ3v) is 4.67. The predicted molar refractivity (Wildman–Crippen MR) is 107 cm³/mol. The number of amides is 1. The Morgan fingerprint density at radius 1 is 1.23 bits per heavy atom. The van der Waals surface area contributed by atoms with E-state index in [0.29, 0.717) is 5.56 Å². The molecular formula is C19H17FN2O7S. The number of anilines is 1. The van der Waals surface area contributed by atoms with Gasteiger partial charge in [-0.1, -0.05) is 0 Å². The highest BCUT2D eigenvalue weighted by atomic mass is 32.2. The first-order valence-corrected chi connectivity index (χ1v) is 10.5. The first-order chi connectivity index (χ1) is 14.0. The van der Waals surface area contributed by atoms with Gasteiger partial charge in [0.15, 0.2) is 16.4 Å². The molecule has 0 fully saturated rings. The lowest BCUT2D eigenvalue weighted by Crippen LogP contribution is -2.21. The minimum absolute atomic E-state index is 0.0129. The molecule has 1 aromatic heterocycles. The van der Waals surface area contributed by atoms with Crippen molar-refractivity contribution in [2.75, 3.05) is 24.1 Å². The van der Waals surface area contributed by atoms with Gasteiger partial charge >= 0.3 is 5.97 Å². The number of carbonyl (C=O) groups is 2. The van der Waals surface area contributed by atoms with Crippen molar-refractivity contribution in [1.29, 1.82) is 0 Å². The summed E-state index contributed by atoms with van der Waals surface area (Å²) in [6, 6.07) is 7.72. The minimum atomic E-state index is -3.41. The largest absolute Gasteiger partial charge is 0.482 e. The third kappa shape index (κ3) is 4.69. The lowest BCUT2D eigenvalue weighted by Gasteiger charge is -2.12. The number of furan rings is 1. The summed E-state index contributed by atoms with van der Waals surface area (Å²) in [5, 5.41) is 12.5. The second kappa shape index (κ2) is 8.03. The molecular weight excluding hydrogens is 419 g/mol. The Balaban J connectivity index is 2.19. The van der Waals surface area contributed by atoms with Crippen molar-refractivity contribution in [1.82, 2.24) is 0 Å². The summed E-state index contributed by atoms with van der Waals surface area (Å²) in [4.78, 5) is 23.0. The predicted octanol–water partition coefficient (Wildman–Crippen LogP) is 2.22. The Bertz CT molecular complexity index is 1230. The highest BCUT2D eigenvalue weighted by Gasteiger charge is 2.24. The fourth-order valence-electron chi connectivity index (χ4n) is 2.76. The number of nitrogens with one attached hydrogen (secondary N) is 1. The molecule has 1 amide bonds. The summed E-state index contributed by atoms with van der Waals surface area (Å²) < 4.78 is 47.3. The molecule has 0 bridgehead atoms. The number of carboxylic acids is 1. The van der Waals surface area contributed by atoms with Gasteiger partial charge in [-0.25, -0.2) is 17.6 Å². The van der Waals surface area contributed by atoms with E-state index in [-0.39, 0.29) is 33.7 Å². The van der Waals surface area contributed by atoms with E-state index in [0.717, 1.165) is 18.4 Å². The normalized spacial score (nSPS) is 11.4. The van der Waals surface area contributed by atoms with Gasteiger partial charge in [-0.3, -0.25) is 4.79 Å². The van der Waals surface area contributed by atoms with Crippen LogP contribution in [0.2, 0.25) is 0 Å². The highest BCUT2D eigenvalue weighted by molar-refractivity contribution is 7.90. The second-order valence-electron chi connectivity index (χ2n) is 6.46. The van der Waals surface area contributed by atoms with Crippen LogP contribution in [0.25, 0.3) is 22.3 Å². The Hall–Kier alpha value is -3.60. The van der Waals surface area contributed by atoms with Gasteiger partial charge in [0.2, 0.25) is 0 Å². The third-order valence-electron chi connectivity index (χ3n) is 4.01. The molecule has 9 nitrogen and oxygen atoms in total. The van der Waals surface area contributed by atoms with E-state index in [9.17, 15) is 27.5 Å². The molecule has 3 rings (SSSR count). The van der Waals surface area contributed by atoms with Gasteiger partial charge in [-0.05, 0) is 30.3 Å². The molecule has 4 N–H and O–H groups in total. The van der Waals surface area contributed by atoms with E-state index in [1.807, 2.05) is 0 Å². The van der Waals surface area contributed by atoms with Gasteiger partial charge < -0.3 is 25.3 Å². The first-order valence-electron chi connectivity index (χ1n) is 8.47. The molecule has 11 heteroatoms. The maximum absolute atomic E-state index is 13.2. The van der Waals surface area contributed by atoms with Crippen molar-refractivity contribution in [3.63, 3.8) is 0 Å². The minimum Gasteiger partial charge on any atom is -0.482 e. The lowest BCUT2D eigenvalue weighted by molar-refractivity contribution is -0.119. The molecule has 158 valence electrons. The SMILES string of the molecule is CS(=O)(=O)CNc1cc2oc(-c3ccc(F)cc3)c(C(=O)O)c2cc1OCC(N)=O. The van der Waals surface area contributed by atoms with Crippen molar-refractivity contribution < 1.29 is 36.7 Å². The van der Waals surface area contributed by atoms with E-state index in [1.54, 1.807) is 0 Å². The van der Waals surface area contributed by atoms with E-state index in [4.69, 9.17) is 14.9 Å². The van der Waals surface area contributed by atoms with Gasteiger partial charge in [0.25, 0.3) is 5.91 Å². The summed E-state index contributed by atoms with van der Waals surface area (Å²) >= 11 is 0.